The summed E-state index contributed by atoms with van der Waals surface area (Å²) in [7, 11) is 0. The molecule has 0 aromatic carbocycles. The normalized spacial score (nSPS) is 9.91. The van der Waals surface area contributed by atoms with Crippen molar-refractivity contribution in [2.75, 3.05) is 19.8 Å². The van der Waals surface area contributed by atoms with Gasteiger partial charge in [0.1, 0.15) is 0 Å². The van der Waals surface area contributed by atoms with Crippen LogP contribution in [0.4, 0.5) is 0 Å². The van der Waals surface area contributed by atoms with Crippen molar-refractivity contribution in [3.05, 3.63) is 0 Å². The highest BCUT2D eigenvalue weighted by atomic mass is 16.5. The van der Waals surface area contributed by atoms with Gasteiger partial charge in [0.2, 0.25) is 0 Å². The van der Waals surface area contributed by atoms with Crippen LogP contribution in [0.5, 0.6) is 0 Å². The summed E-state index contributed by atoms with van der Waals surface area (Å²) in [5.41, 5.74) is 0. The number of carboxylic acid groups (broad SMARTS) is 1. The molecule has 2 N–H and O–H groups in total. The number of hydrogen-bond acceptors (Lipinski definition) is 3. The van der Waals surface area contributed by atoms with E-state index in [1.54, 1.807) is 0 Å². The molecule has 4 heteroatoms. The van der Waals surface area contributed by atoms with Crippen LogP contribution in [0.3, 0.4) is 0 Å². The van der Waals surface area contributed by atoms with Gasteiger partial charge >= 0.3 is 5.97 Å². The molecule has 0 aliphatic carbocycles. The first-order valence-electron chi connectivity index (χ1n) is 3.67. The number of ether oxygens (including phenoxy) is 1. The third kappa shape index (κ3) is 9.39. The van der Waals surface area contributed by atoms with E-state index in [9.17, 15) is 4.79 Å². The minimum atomic E-state index is -0.796. The molecule has 66 valence electrons. The molecule has 0 aliphatic rings. The highest BCUT2D eigenvalue weighted by Gasteiger charge is 1.95. The number of aliphatic carboxylic acids is 1. The molecule has 0 bridgehead atoms. The lowest BCUT2D eigenvalue weighted by Crippen LogP contribution is -2.02. The van der Waals surface area contributed by atoms with Crippen molar-refractivity contribution >= 4 is 5.97 Å². The third-order valence-electron chi connectivity index (χ3n) is 1.13. The molecule has 0 aliphatic heterocycles. The Balaban J connectivity index is 2.85. The standard InChI is InChI=1S/C7H14O4/c8-4-2-6-11-5-1-3-7(9)10/h8H,1-6H2,(H,9,10). The number of carboxylic acids is 1. The summed E-state index contributed by atoms with van der Waals surface area (Å²) in [5.74, 6) is -0.796. The van der Waals surface area contributed by atoms with Crippen LogP contribution in [0, 0.1) is 0 Å². The second-order valence-electron chi connectivity index (χ2n) is 2.19. The third-order valence-corrected chi connectivity index (χ3v) is 1.13. The number of aliphatic hydroxyl groups is 1. The summed E-state index contributed by atoms with van der Waals surface area (Å²) < 4.78 is 5.00. The summed E-state index contributed by atoms with van der Waals surface area (Å²) in [5, 5.41) is 16.6. The lowest BCUT2D eigenvalue weighted by Gasteiger charge is -1.99. The summed E-state index contributed by atoms with van der Waals surface area (Å²) in [6.45, 7) is 1.10. The Hall–Kier alpha value is -0.610. The minimum Gasteiger partial charge on any atom is -0.481 e. The maximum atomic E-state index is 9.99. The van der Waals surface area contributed by atoms with Crippen LogP contribution >= 0.6 is 0 Å². The van der Waals surface area contributed by atoms with Gasteiger partial charge in [-0.05, 0) is 12.8 Å². The Morgan fingerprint density at radius 2 is 1.91 bits per heavy atom. The molecule has 0 saturated carbocycles. The van der Waals surface area contributed by atoms with Crippen LogP contribution < -0.4 is 0 Å². The monoisotopic (exact) mass is 162 g/mol. The summed E-state index contributed by atoms with van der Waals surface area (Å²) >= 11 is 0. The molecule has 11 heavy (non-hydrogen) atoms. The van der Waals surface area contributed by atoms with Gasteiger partial charge in [0, 0.05) is 26.2 Å². The van der Waals surface area contributed by atoms with E-state index in [1.807, 2.05) is 0 Å². The zero-order chi connectivity index (χ0) is 8.53. The Morgan fingerprint density at radius 1 is 1.27 bits per heavy atom. The molecule has 0 atom stereocenters. The Morgan fingerprint density at radius 3 is 2.45 bits per heavy atom. The number of rotatable bonds is 7. The summed E-state index contributed by atoms with van der Waals surface area (Å²) in [4.78, 5) is 9.99. The van der Waals surface area contributed by atoms with Crippen LogP contribution in [-0.4, -0.2) is 36.0 Å². The number of carbonyl (C=O) groups is 1. The fourth-order valence-corrected chi connectivity index (χ4v) is 0.594. The van der Waals surface area contributed by atoms with Crippen molar-refractivity contribution < 1.29 is 19.7 Å². The van der Waals surface area contributed by atoms with Gasteiger partial charge in [-0.3, -0.25) is 4.79 Å². The highest BCUT2D eigenvalue weighted by molar-refractivity contribution is 5.66. The van der Waals surface area contributed by atoms with Crippen molar-refractivity contribution in [1.29, 1.82) is 0 Å². The van der Waals surface area contributed by atoms with E-state index >= 15 is 0 Å². The molecule has 0 spiro atoms. The predicted molar refractivity (Wildman–Crippen MR) is 39.4 cm³/mol. The molecule has 4 nitrogen and oxygen atoms in total. The molecule has 0 aromatic rings. The highest BCUT2D eigenvalue weighted by Crippen LogP contribution is 1.90. The van der Waals surface area contributed by atoms with Gasteiger partial charge in [0.15, 0.2) is 0 Å². The Kier molecular flexibility index (Phi) is 7.08. The zero-order valence-electron chi connectivity index (χ0n) is 6.45. The van der Waals surface area contributed by atoms with E-state index in [0.717, 1.165) is 0 Å². The molecule has 0 radical (unpaired) electrons. The molecule has 0 rings (SSSR count). The van der Waals surface area contributed by atoms with Crippen molar-refractivity contribution in [2.45, 2.75) is 19.3 Å². The summed E-state index contributed by atoms with van der Waals surface area (Å²) in [6.07, 6.45) is 1.31. The molecule has 0 heterocycles. The first kappa shape index (κ1) is 10.4. The Labute approximate surface area is 65.8 Å². The quantitative estimate of drug-likeness (QED) is 0.526. The maximum absolute atomic E-state index is 9.99. The van der Waals surface area contributed by atoms with Crippen LogP contribution in [-0.2, 0) is 9.53 Å². The summed E-state index contributed by atoms with van der Waals surface area (Å²) in [6, 6.07) is 0. The minimum absolute atomic E-state index is 0.124. The van der Waals surface area contributed by atoms with Crippen LogP contribution in [0.25, 0.3) is 0 Å². The van der Waals surface area contributed by atoms with E-state index in [4.69, 9.17) is 14.9 Å². The van der Waals surface area contributed by atoms with Crippen molar-refractivity contribution in [3.8, 4) is 0 Å². The first-order valence-corrected chi connectivity index (χ1v) is 3.67. The number of hydrogen-bond donors (Lipinski definition) is 2. The molecule has 0 saturated heterocycles. The average molecular weight is 162 g/mol. The maximum Gasteiger partial charge on any atom is 0.303 e. The van der Waals surface area contributed by atoms with Gasteiger partial charge in [-0.1, -0.05) is 0 Å². The predicted octanol–water partition coefficient (Wildman–Crippen LogP) is 0.250. The second-order valence-corrected chi connectivity index (χ2v) is 2.19. The first-order chi connectivity index (χ1) is 5.27. The smallest absolute Gasteiger partial charge is 0.303 e. The second kappa shape index (κ2) is 7.50. The fourth-order valence-electron chi connectivity index (χ4n) is 0.594. The van der Waals surface area contributed by atoms with E-state index in [2.05, 4.69) is 0 Å². The molecule has 0 amide bonds. The van der Waals surface area contributed by atoms with Gasteiger partial charge < -0.3 is 14.9 Å². The molecule has 0 unspecified atom stereocenters. The van der Waals surface area contributed by atoms with E-state index in [-0.39, 0.29) is 13.0 Å². The van der Waals surface area contributed by atoms with Crippen molar-refractivity contribution in [2.24, 2.45) is 0 Å². The van der Waals surface area contributed by atoms with Gasteiger partial charge in [-0.25, -0.2) is 0 Å². The lowest BCUT2D eigenvalue weighted by molar-refractivity contribution is -0.137. The lowest BCUT2D eigenvalue weighted by atomic mass is 10.3. The molecule has 0 aromatic heterocycles. The Bertz CT molecular complexity index is 103. The average Bonchev–Trinajstić information content (AvgIpc) is 1.96. The van der Waals surface area contributed by atoms with Crippen molar-refractivity contribution in [3.63, 3.8) is 0 Å². The van der Waals surface area contributed by atoms with Crippen molar-refractivity contribution in [1.82, 2.24) is 0 Å². The molecular formula is C7H14O4. The number of aliphatic hydroxyl groups excluding tert-OH is 1. The topological polar surface area (TPSA) is 66.8 Å². The van der Waals surface area contributed by atoms with Gasteiger partial charge in [0.25, 0.3) is 0 Å². The largest absolute Gasteiger partial charge is 0.481 e. The molecular weight excluding hydrogens is 148 g/mol. The van der Waals surface area contributed by atoms with Gasteiger partial charge in [-0.15, -0.1) is 0 Å². The van der Waals surface area contributed by atoms with Crippen LogP contribution in [0.2, 0.25) is 0 Å². The van der Waals surface area contributed by atoms with Gasteiger partial charge in [-0.2, -0.15) is 0 Å². The van der Waals surface area contributed by atoms with Gasteiger partial charge in [0.05, 0.1) is 0 Å². The SMILES string of the molecule is O=C(O)CCCOCCCO. The van der Waals surface area contributed by atoms with Crippen LogP contribution in [0.1, 0.15) is 19.3 Å². The fraction of sp³-hybridized carbons (Fsp3) is 0.857. The van der Waals surface area contributed by atoms with Crippen LogP contribution in [0.15, 0.2) is 0 Å². The zero-order valence-corrected chi connectivity index (χ0v) is 6.45. The molecule has 0 fully saturated rings. The van der Waals surface area contributed by atoms with E-state index in [1.165, 1.54) is 0 Å². The van der Waals surface area contributed by atoms with E-state index in [0.29, 0.717) is 26.1 Å². The van der Waals surface area contributed by atoms with E-state index < -0.39 is 5.97 Å².